The number of rotatable bonds is 3. The Hall–Kier alpha value is -3.91. The molecule has 0 unspecified atom stereocenters. The van der Waals surface area contributed by atoms with Gasteiger partial charge in [0.05, 0.1) is 29.6 Å². The minimum Gasteiger partial charge on any atom is -0.497 e. The van der Waals surface area contributed by atoms with E-state index in [1.807, 2.05) is 31.2 Å². The number of methoxy groups -OCH3 is 1. The lowest BCUT2D eigenvalue weighted by Crippen LogP contribution is -2.05. The number of pyridine rings is 1. The van der Waals surface area contributed by atoms with Crippen LogP contribution in [0.2, 0.25) is 5.02 Å². The lowest BCUT2D eigenvalue weighted by Gasteiger charge is -2.11. The first kappa shape index (κ1) is 24.2. The van der Waals surface area contributed by atoms with Gasteiger partial charge in [-0.3, -0.25) is 0 Å². The highest BCUT2D eigenvalue weighted by Crippen LogP contribution is 2.36. The van der Waals surface area contributed by atoms with Crippen molar-refractivity contribution in [3.8, 4) is 28.1 Å². The Bertz CT molecular complexity index is 1410. The standard InChI is InChI=1S/C22H16ClF3N2O.C4H4N2/c1-13-21(14-6-8-18(29-2)9-7-14)20-12-17(23)11-19(28(20)27-13)15-4-3-5-16(10-15)22(24,25)26;1-2-5-4-6-3-1/h3-12H,1-2H3;1-4H. The molecule has 0 saturated heterocycles. The molecule has 3 heterocycles. The summed E-state index contributed by atoms with van der Waals surface area (Å²) >= 11 is 6.34. The largest absolute Gasteiger partial charge is 0.497 e. The van der Waals surface area contributed by atoms with E-state index in [-0.39, 0.29) is 0 Å². The Morgan fingerprint density at radius 3 is 2.17 bits per heavy atom. The van der Waals surface area contributed by atoms with Gasteiger partial charge < -0.3 is 4.74 Å². The molecule has 5 aromatic rings. The normalized spacial score (nSPS) is 11.1. The van der Waals surface area contributed by atoms with E-state index in [4.69, 9.17) is 16.3 Å². The van der Waals surface area contributed by atoms with Crippen LogP contribution in [0.1, 0.15) is 11.3 Å². The highest BCUT2D eigenvalue weighted by atomic mass is 35.5. The minimum atomic E-state index is -4.43. The summed E-state index contributed by atoms with van der Waals surface area (Å²) in [5.41, 5.74) is 3.39. The second kappa shape index (κ2) is 10.1. The summed E-state index contributed by atoms with van der Waals surface area (Å²) in [6.45, 7) is 1.86. The number of nitrogens with zero attached hydrogens (tertiary/aromatic N) is 4. The Kier molecular flexibility index (Phi) is 7.02. The first-order valence-electron chi connectivity index (χ1n) is 10.5. The van der Waals surface area contributed by atoms with Gasteiger partial charge in [-0.2, -0.15) is 18.3 Å². The summed E-state index contributed by atoms with van der Waals surface area (Å²) in [6, 6.07) is 17.8. The molecule has 5 rings (SSSR count). The van der Waals surface area contributed by atoms with E-state index in [0.717, 1.165) is 34.7 Å². The summed E-state index contributed by atoms with van der Waals surface area (Å²) in [5, 5.41) is 5.00. The monoisotopic (exact) mass is 496 g/mol. The third-order valence-corrected chi connectivity index (χ3v) is 5.43. The van der Waals surface area contributed by atoms with E-state index in [1.165, 1.54) is 12.4 Å². The van der Waals surface area contributed by atoms with E-state index in [1.54, 1.807) is 48.3 Å². The number of aryl methyl sites for hydroxylation is 1. The lowest BCUT2D eigenvalue weighted by molar-refractivity contribution is -0.137. The molecule has 0 saturated carbocycles. The molecule has 2 aromatic carbocycles. The zero-order valence-corrected chi connectivity index (χ0v) is 19.5. The number of hydrogen-bond donors (Lipinski definition) is 0. The van der Waals surface area contributed by atoms with Crippen molar-refractivity contribution in [2.75, 3.05) is 7.11 Å². The van der Waals surface area contributed by atoms with Gasteiger partial charge in [-0.1, -0.05) is 35.9 Å². The maximum Gasteiger partial charge on any atom is 0.416 e. The zero-order valence-electron chi connectivity index (χ0n) is 18.8. The molecule has 0 aliphatic heterocycles. The van der Waals surface area contributed by atoms with Gasteiger partial charge in [0.2, 0.25) is 0 Å². The van der Waals surface area contributed by atoms with E-state index in [0.29, 0.717) is 21.8 Å². The zero-order chi connectivity index (χ0) is 25.0. The van der Waals surface area contributed by atoms with Gasteiger partial charge in [0.1, 0.15) is 12.1 Å². The SMILES string of the molecule is COc1ccc(-c2c(C)nn3c(-c4cccc(C(F)(F)F)c4)cc(Cl)cc23)cc1.c1cncnc1. The van der Waals surface area contributed by atoms with Gasteiger partial charge >= 0.3 is 6.18 Å². The summed E-state index contributed by atoms with van der Waals surface area (Å²) in [6.07, 6.45) is 0.446. The molecule has 5 nitrogen and oxygen atoms in total. The third kappa shape index (κ3) is 5.44. The van der Waals surface area contributed by atoms with E-state index < -0.39 is 11.7 Å². The van der Waals surface area contributed by atoms with Crippen molar-refractivity contribution in [2.45, 2.75) is 13.1 Å². The lowest BCUT2D eigenvalue weighted by atomic mass is 10.0. The molecule has 0 radical (unpaired) electrons. The number of hydrogen-bond acceptors (Lipinski definition) is 4. The van der Waals surface area contributed by atoms with Gasteiger partial charge in [0, 0.05) is 28.5 Å². The van der Waals surface area contributed by atoms with Crippen LogP contribution in [0, 0.1) is 6.92 Å². The fourth-order valence-corrected chi connectivity index (χ4v) is 3.86. The van der Waals surface area contributed by atoms with Crippen molar-refractivity contribution >= 4 is 17.1 Å². The summed E-state index contributed by atoms with van der Waals surface area (Å²) < 4.78 is 46.3. The van der Waals surface area contributed by atoms with Crippen LogP contribution in [-0.2, 0) is 6.18 Å². The smallest absolute Gasteiger partial charge is 0.416 e. The van der Waals surface area contributed by atoms with Crippen molar-refractivity contribution < 1.29 is 17.9 Å². The fraction of sp³-hybridized carbons (Fsp3) is 0.115. The van der Waals surface area contributed by atoms with Crippen LogP contribution in [0.25, 0.3) is 27.9 Å². The van der Waals surface area contributed by atoms with Crippen LogP contribution in [0.5, 0.6) is 5.75 Å². The quantitative estimate of drug-likeness (QED) is 0.266. The van der Waals surface area contributed by atoms with E-state index >= 15 is 0 Å². The Morgan fingerprint density at radius 1 is 0.886 bits per heavy atom. The number of aromatic nitrogens is 4. The average molecular weight is 497 g/mol. The molecule has 0 amide bonds. The highest BCUT2D eigenvalue weighted by molar-refractivity contribution is 6.31. The summed E-state index contributed by atoms with van der Waals surface area (Å²) in [5.74, 6) is 0.727. The minimum absolute atomic E-state index is 0.385. The molecule has 3 aromatic heterocycles. The van der Waals surface area contributed by atoms with Crippen LogP contribution in [0.3, 0.4) is 0 Å². The van der Waals surface area contributed by atoms with Crippen LogP contribution < -0.4 is 4.74 Å². The summed E-state index contributed by atoms with van der Waals surface area (Å²) in [4.78, 5) is 7.35. The maximum absolute atomic E-state index is 13.2. The molecule has 35 heavy (non-hydrogen) atoms. The molecule has 9 heteroatoms. The first-order valence-corrected chi connectivity index (χ1v) is 10.9. The van der Waals surface area contributed by atoms with Crippen molar-refractivity contribution in [2.24, 2.45) is 0 Å². The average Bonchev–Trinajstić information content (AvgIpc) is 3.20. The molecular weight excluding hydrogens is 477 g/mol. The van der Waals surface area contributed by atoms with Crippen LogP contribution in [-0.4, -0.2) is 26.7 Å². The Balaban J connectivity index is 0.000000421. The number of benzene rings is 2. The van der Waals surface area contributed by atoms with Gasteiger partial charge in [0.15, 0.2) is 0 Å². The fourth-order valence-electron chi connectivity index (χ4n) is 3.65. The molecule has 0 atom stereocenters. The van der Waals surface area contributed by atoms with Gasteiger partial charge in [0.25, 0.3) is 0 Å². The van der Waals surface area contributed by atoms with Gasteiger partial charge in [-0.15, -0.1) is 0 Å². The van der Waals surface area contributed by atoms with E-state index in [2.05, 4.69) is 15.1 Å². The molecular formula is C26H20ClF3N4O. The molecule has 0 spiro atoms. The molecule has 178 valence electrons. The van der Waals surface area contributed by atoms with Gasteiger partial charge in [-0.05, 0) is 55.0 Å². The number of alkyl halides is 3. The highest BCUT2D eigenvalue weighted by Gasteiger charge is 2.30. The van der Waals surface area contributed by atoms with Crippen molar-refractivity contribution in [1.82, 2.24) is 19.6 Å². The van der Waals surface area contributed by atoms with Crippen molar-refractivity contribution in [1.29, 1.82) is 0 Å². The molecule has 0 aliphatic carbocycles. The van der Waals surface area contributed by atoms with E-state index in [9.17, 15) is 13.2 Å². The van der Waals surface area contributed by atoms with Gasteiger partial charge in [-0.25, -0.2) is 14.5 Å². The third-order valence-electron chi connectivity index (χ3n) is 5.22. The van der Waals surface area contributed by atoms with Crippen LogP contribution in [0.4, 0.5) is 13.2 Å². The maximum atomic E-state index is 13.2. The molecule has 0 N–H and O–H groups in total. The predicted octanol–water partition coefficient (Wildman–Crippen LogP) is 7.13. The topological polar surface area (TPSA) is 52.3 Å². The molecule has 0 bridgehead atoms. The Labute approximate surface area is 204 Å². The molecule has 0 aliphatic rings. The second-order valence-corrected chi connectivity index (χ2v) is 7.96. The second-order valence-electron chi connectivity index (χ2n) is 7.53. The number of fused-ring (bicyclic) bond motifs is 1. The number of ether oxygens (including phenoxy) is 1. The van der Waals surface area contributed by atoms with Crippen LogP contribution >= 0.6 is 11.6 Å². The first-order chi connectivity index (χ1) is 16.8. The van der Waals surface area contributed by atoms with Crippen molar-refractivity contribution in [3.05, 3.63) is 102 Å². The van der Waals surface area contributed by atoms with Crippen LogP contribution in [0.15, 0.2) is 85.5 Å². The predicted molar refractivity (Wildman–Crippen MR) is 129 cm³/mol. The summed E-state index contributed by atoms with van der Waals surface area (Å²) in [7, 11) is 1.59. The Morgan fingerprint density at radius 2 is 1.60 bits per heavy atom. The van der Waals surface area contributed by atoms with Crippen molar-refractivity contribution in [3.63, 3.8) is 0 Å². The molecule has 0 fully saturated rings. The number of halogens is 4.